The van der Waals surface area contributed by atoms with Crippen molar-refractivity contribution in [3.63, 3.8) is 0 Å². The van der Waals surface area contributed by atoms with E-state index in [9.17, 15) is 0 Å². The van der Waals surface area contributed by atoms with E-state index in [1.165, 1.54) is 63.6 Å². The van der Waals surface area contributed by atoms with E-state index in [2.05, 4.69) is 54.9 Å². The Kier molecular flexibility index (Phi) is 6.69. The Morgan fingerprint density at radius 3 is 2.76 bits per heavy atom. The van der Waals surface area contributed by atoms with E-state index in [0.29, 0.717) is 6.04 Å². The first kappa shape index (κ1) is 16.5. The predicted octanol–water partition coefficient (Wildman–Crippen LogP) is 4.35. The number of unbranched alkanes of at least 4 members (excludes halogenated alkanes) is 3. The van der Waals surface area contributed by atoms with E-state index in [1.54, 1.807) is 0 Å². The number of hydrogen-bond donors (Lipinski definition) is 0. The van der Waals surface area contributed by atoms with Gasteiger partial charge in [-0.1, -0.05) is 33.1 Å². The average molecular weight is 289 g/mol. The molecule has 1 aliphatic heterocycles. The van der Waals surface area contributed by atoms with Gasteiger partial charge in [-0.2, -0.15) is 0 Å². The molecular weight excluding hydrogens is 256 g/mol. The van der Waals surface area contributed by atoms with Crippen molar-refractivity contribution in [2.45, 2.75) is 71.4 Å². The van der Waals surface area contributed by atoms with Crippen molar-refractivity contribution in [1.82, 2.24) is 4.90 Å². The number of pyridine rings is 1. The molecule has 0 amide bonds. The fourth-order valence-corrected chi connectivity index (χ4v) is 3.41. The first-order valence-electron chi connectivity index (χ1n) is 8.86. The minimum Gasteiger partial charge on any atom is -0.299 e. The summed E-state index contributed by atoms with van der Waals surface area (Å²) in [5, 5.41) is 0. The van der Waals surface area contributed by atoms with Gasteiger partial charge in [0.2, 0.25) is 0 Å². The van der Waals surface area contributed by atoms with Crippen LogP contribution in [0, 0.1) is 5.92 Å². The Balaban J connectivity index is 1.74. The van der Waals surface area contributed by atoms with Gasteiger partial charge in [0.1, 0.15) is 6.54 Å². The smallest absolute Gasteiger partial charge is 0.173 e. The second kappa shape index (κ2) is 8.53. The fourth-order valence-electron chi connectivity index (χ4n) is 3.41. The van der Waals surface area contributed by atoms with Crippen molar-refractivity contribution >= 4 is 0 Å². The van der Waals surface area contributed by atoms with Gasteiger partial charge in [-0.25, -0.2) is 4.57 Å². The lowest BCUT2D eigenvalue weighted by molar-refractivity contribution is -0.697. The molecule has 1 aromatic rings. The van der Waals surface area contributed by atoms with Crippen LogP contribution in [0.2, 0.25) is 0 Å². The standard InChI is InChI=1S/C19H33N2/c1-17(2)10-6-4-5-7-14-21-15-8-11-18(16-21)19-12-9-13-20(19)3/h8,11,15-17,19H,4-7,9-10,12-14H2,1-3H3/q+1. The number of rotatable bonds is 8. The molecular formula is C19H33N2+. The molecule has 0 radical (unpaired) electrons. The molecule has 118 valence electrons. The highest BCUT2D eigenvalue weighted by atomic mass is 15.1. The van der Waals surface area contributed by atoms with E-state index < -0.39 is 0 Å². The Morgan fingerprint density at radius 2 is 2.05 bits per heavy atom. The third-order valence-corrected chi connectivity index (χ3v) is 4.73. The lowest BCUT2D eigenvalue weighted by Gasteiger charge is -2.18. The molecule has 0 bridgehead atoms. The van der Waals surface area contributed by atoms with Crippen LogP contribution in [0.25, 0.3) is 0 Å². The van der Waals surface area contributed by atoms with Gasteiger partial charge in [-0.15, -0.1) is 0 Å². The van der Waals surface area contributed by atoms with Crippen molar-refractivity contribution in [2.24, 2.45) is 5.92 Å². The largest absolute Gasteiger partial charge is 0.299 e. The van der Waals surface area contributed by atoms with Crippen LogP contribution in [0.3, 0.4) is 0 Å². The van der Waals surface area contributed by atoms with Crippen molar-refractivity contribution in [2.75, 3.05) is 13.6 Å². The maximum absolute atomic E-state index is 2.49. The summed E-state index contributed by atoms with van der Waals surface area (Å²) in [6, 6.07) is 5.16. The van der Waals surface area contributed by atoms with E-state index in [1.807, 2.05) is 0 Å². The zero-order valence-electron chi connectivity index (χ0n) is 14.2. The van der Waals surface area contributed by atoms with Crippen molar-refractivity contribution < 1.29 is 4.57 Å². The fraction of sp³-hybridized carbons (Fsp3) is 0.737. The summed E-state index contributed by atoms with van der Waals surface area (Å²) in [6.07, 6.45) is 14.1. The molecule has 1 saturated heterocycles. The molecule has 1 aromatic heterocycles. The molecule has 1 aliphatic rings. The van der Waals surface area contributed by atoms with Crippen molar-refractivity contribution in [3.05, 3.63) is 30.1 Å². The summed E-state index contributed by atoms with van der Waals surface area (Å²) in [5.41, 5.74) is 1.50. The van der Waals surface area contributed by atoms with Gasteiger partial charge in [0.15, 0.2) is 12.4 Å². The summed E-state index contributed by atoms with van der Waals surface area (Å²) < 4.78 is 2.39. The van der Waals surface area contributed by atoms with Gasteiger partial charge in [0.25, 0.3) is 0 Å². The Hall–Kier alpha value is -0.890. The highest BCUT2D eigenvalue weighted by molar-refractivity contribution is 5.12. The van der Waals surface area contributed by atoms with Crippen molar-refractivity contribution in [3.8, 4) is 0 Å². The monoisotopic (exact) mass is 289 g/mol. The first-order chi connectivity index (χ1) is 10.2. The number of hydrogen-bond acceptors (Lipinski definition) is 1. The summed E-state index contributed by atoms with van der Waals surface area (Å²) >= 11 is 0. The van der Waals surface area contributed by atoms with E-state index in [-0.39, 0.29) is 0 Å². The number of aryl methyl sites for hydroxylation is 1. The number of aromatic nitrogens is 1. The van der Waals surface area contributed by atoms with Gasteiger partial charge in [-0.3, -0.25) is 4.90 Å². The normalized spacial score (nSPS) is 19.5. The summed E-state index contributed by atoms with van der Waals surface area (Å²) in [7, 11) is 2.25. The Labute approximate surface area is 131 Å². The molecule has 1 unspecified atom stereocenters. The molecule has 1 atom stereocenters. The topological polar surface area (TPSA) is 7.12 Å². The molecule has 2 rings (SSSR count). The van der Waals surface area contributed by atoms with Crippen LogP contribution in [0.5, 0.6) is 0 Å². The molecule has 0 aliphatic carbocycles. The maximum atomic E-state index is 2.49. The minimum absolute atomic E-state index is 0.642. The predicted molar refractivity (Wildman–Crippen MR) is 89.2 cm³/mol. The van der Waals surface area contributed by atoms with Crippen LogP contribution in [-0.4, -0.2) is 18.5 Å². The van der Waals surface area contributed by atoms with E-state index in [4.69, 9.17) is 0 Å². The van der Waals surface area contributed by atoms with Gasteiger partial charge in [0.05, 0.1) is 0 Å². The average Bonchev–Trinajstić information content (AvgIpc) is 2.89. The molecule has 2 heterocycles. The highest BCUT2D eigenvalue weighted by Gasteiger charge is 2.24. The Morgan fingerprint density at radius 1 is 1.24 bits per heavy atom. The van der Waals surface area contributed by atoms with Crippen LogP contribution in [0.4, 0.5) is 0 Å². The van der Waals surface area contributed by atoms with Gasteiger partial charge >= 0.3 is 0 Å². The molecule has 2 heteroatoms. The molecule has 0 N–H and O–H groups in total. The van der Waals surface area contributed by atoms with Crippen LogP contribution in [-0.2, 0) is 6.54 Å². The number of likely N-dealkylation sites (tertiary alicyclic amines) is 1. The van der Waals surface area contributed by atoms with E-state index in [0.717, 1.165) is 5.92 Å². The maximum Gasteiger partial charge on any atom is 0.173 e. The highest BCUT2D eigenvalue weighted by Crippen LogP contribution is 2.29. The zero-order valence-corrected chi connectivity index (χ0v) is 14.2. The van der Waals surface area contributed by atoms with E-state index >= 15 is 0 Å². The molecule has 0 aromatic carbocycles. The van der Waals surface area contributed by atoms with Crippen LogP contribution >= 0.6 is 0 Å². The van der Waals surface area contributed by atoms with Crippen LogP contribution in [0.15, 0.2) is 24.5 Å². The molecule has 1 fully saturated rings. The molecule has 0 saturated carbocycles. The third-order valence-electron chi connectivity index (χ3n) is 4.73. The quantitative estimate of drug-likeness (QED) is 0.510. The Bertz CT molecular complexity index is 414. The zero-order chi connectivity index (χ0) is 15.1. The summed E-state index contributed by atoms with van der Waals surface area (Å²) in [5.74, 6) is 0.861. The van der Waals surface area contributed by atoms with Gasteiger partial charge in [-0.05, 0) is 44.8 Å². The second-order valence-electron chi connectivity index (χ2n) is 7.11. The SMILES string of the molecule is CC(C)CCCCCC[n+]1cccc(C2CCCN2C)c1. The van der Waals surface area contributed by atoms with Crippen molar-refractivity contribution in [1.29, 1.82) is 0 Å². The van der Waals surface area contributed by atoms with Gasteiger partial charge < -0.3 is 0 Å². The summed E-state index contributed by atoms with van der Waals surface area (Å²) in [6.45, 7) is 7.06. The summed E-state index contributed by atoms with van der Waals surface area (Å²) in [4.78, 5) is 2.49. The first-order valence-corrected chi connectivity index (χ1v) is 8.86. The molecule has 2 nitrogen and oxygen atoms in total. The lowest BCUT2D eigenvalue weighted by Crippen LogP contribution is -2.34. The van der Waals surface area contributed by atoms with Crippen LogP contribution in [0.1, 0.15) is 70.4 Å². The van der Waals surface area contributed by atoms with Gasteiger partial charge in [0, 0.05) is 24.1 Å². The minimum atomic E-state index is 0.642. The molecule has 21 heavy (non-hydrogen) atoms. The molecule has 0 spiro atoms. The number of nitrogens with zero attached hydrogens (tertiary/aromatic N) is 2. The second-order valence-corrected chi connectivity index (χ2v) is 7.11. The lowest BCUT2D eigenvalue weighted by atomic mass is 10.0. The third kappa shape index (κ3) is 5.43. The van der Waals surface area contributed by atoms with Crippen LogP contribution < -0.4 is 4.57 Å².